The average molecular weight is 259 g/mol. The summed E-state index contributed by atoms with van der Waals surface area (Å²) in [6, 6.07) is 11.4. The van der Waals surface area contributed by atoms with Crippen LogP contribution in [0.3, 0.4) is 0 Å². The Kier molecular flexibility index (Phi) is 3.90. The maximum atomic E-state index is 6.05. The third-order valence-corrected chi connectivity index (χ3v) is 5.03. The van der Waals surface area contributed by atoms with Crippen LogP contribution in [-0.2, 0) is 11.2 Å². The first kappa shape index (κ1) is 13.1. The number of hydrogen-bond donors (Lipinski definition) is 1. The summed E-state index contributed by atoms with van der Waals surface area (Å²) < 4.78 is 6.05. The van der Waals surface area contributed by atoms with Crippen LogP contribution in [0, 0.1) is 5.92 Å². The molecule has 0 amide bonds. The number of ether oxygens (including phenoxy) is 1. The third-order valence-electron chi connectivity index (χ3n) is 5.03. The predicted molar refractivity (Wildman–Crippen MR) is 78.3 cm³/mol. The fourth-order valence-electron chi connectivity index (χ4n) is 3.70. The number of likely N-dealkylation sites (N-methyl/N-ethyl adjacent to an activating group) is 1. The third kappa shape index (κ3) is 2.85. The highest BCUT2D eigenvalue weighted by Crippen LogP contribution is 2.45. The molecule has 1 aliphatic heterocycles. The molecular weight excluding hydrogens is 234 g/mol. The van der Waals surface area contributed by atoms with Crippen molar-refractivity contribution in [2.45, 2.75) is 50.2 Å². The Morgan fingerprint density at radius 2 is 2.11 bits per heavy atom. The van der Waals surface area contributed by atoms with Crippen LogP contribution in [0.4, 0.5) is 0 Å². The van der Waals surface area contributed by atoms with Crippen LogP contribution in [0.25, 0.3) is 0 Å². The molecule has 1 aliphatic carbocycles. The van der Waals surface area contributed by atoms with Gasteiger partial charge in [0.05, 0.1) is 5.60 Å². The van der Waals surface area contributed by atoms with Gasteiger partial charge in [0.15, 0.2) is 0 Å². The van der Waals surface area contributed by atoms with Gasteiger partial charge in [-0.2, -0.15) is 0 Å². The van der Waals surface area contributed by atoms with Gasteiger partial charge >= 0.3 is 0 Å². The van der Waals surface area contributed by atoms with Gasteiger partial charge in [-0.3, -0.25) is 0 Å². The molecule has 2 aliphatic rings. The summed E-state index contributed by atoms with van der Waals surface area (Å²) in [5, 5.41) is 3.55. The molecule has 1 aromatic carbocycles. The number of rotatable bonds is 4. The first-order valence-corrected chi connectivity index (χ1v) is 7.66. The average Bonchev–Trinajstić information content (AvgIpc) is 2.44. The number of hydrogen-bond acceptors (Lipinski definition) is 2. The van der Waals surface area contributed by atoms with E-state index in [1.54, 1.807) is 0 Å². The molecule has 1 aromatic rings. The van der Waals surface area contributed by atoms with E-state index in [1.165, 1.54) is 37.7 Å². The maximum absolute atomic E-state index is 6.05. The molecule has 1 spiro atoms. The Balaban J connectivity index is 1.64. The number of benzene rings is 1. The first-order valence-electron chi connectivity index (χ1n) is 7.66. The molecule has 1 saturated carbocycles. The Morgan fingerprint density at radius 3 is 2.74 bits per heavy atom. The summed E-state index contributed by atoms with van der Waals surface area (Å²) >= 11 is 0. The van der Waals surface area contributed by atoms with Crippen molar-refractivity contribution in [1.82, 2.24) is 5.32 Å². The lowest BCUT2D eigenvalue weighted by Gasteiger charge is -2.48. The van der Waals surface area contributed by atoms with Crippen molar-refractivity contribution in [3.63, 3.8) is 0 Å². The molecule has 3 rings (SSSR count). The highest BCUT2D eigenvalue weighted by Gasteiger charge is 2.43. The lowest BCUT2D eigenvalue weighted by molar-refractivity contribution is -0.146. The summed E-state index contributed by atoms with van der Waals surface area (Å²) in [4.78, 5) is 0. The molecule has 19 heavy (non-hydrogen) atoms. The Labute approximate surface area is 116 Å². The topological polar surface area (TPSA) is 21.3 Å². The second-order valence-electron chi connectivity index (χ2n) is 6.22. The summed E-state index contributed by atoms with van der Waals surface area (Å²) in [6.45, 7) is 0.956. The summed E-state index contributed by atoms with van der Waals surface area (Å²) in [7, 11) is 2.11. The summed E-state index contributed by atoms with van der Waals surface area (Å²) in [5.74, 6) is 0.763. The maximum Gasteiger partial charge on any atom is 0.0685 e. The zero-order chi connectivity index (χ0) is 13.1. The monoisotopic (exact) mass is 259 g/mol. The predicted octanol–water partition coefficient (Wildman–Crippen LogP) is 3.17. The van der Waals surface area contributed by atoms with Gasteiger partial charge in [-0.05, 0) is 57.1 Å². The molecule has 2 nitrogen and oxygen atoms in total. The van der Waals surface area contributed by atoms with Gasteiger partial charge in [0.1, 0.15) is 0 Å². The standard InChI is InChI=1S/C17H25NO/c1-18-16(12-14-6-3-2-4-7-14)15-8-11-19-17(13-15)9-5-10-17/h2-4,6-7,15-16,18H,5,8-13H2,1H3. The van der Waals surface area contributed by atoms with Crippen molar-refractivity contribution >= 4 is 0 Å². The van der Waals surface area contributed by atoms with E-state index in [0.717, 1.165) is 18.9 Å². The molecule has 104 valence electrons. The van der Waals surface area contributed by atoms with Gasteiger partial charge in [0.25, 0.3) is 0 Å². The van der Waals surface area contributed by atoms with Gasteiger partial charge in [-0.25, -0.2) is 0 Å². The van der Waals surface area contributed by atoms with Crippen LogP contribution in [0.2, 0.25) is 0 Å². The van der Waals surface area contributed by atoms with E-state index in [4.69, 9.17) is 4.74 Å². The molecule has 2 fully saturated rings. The van der Waals surface area contributed by atoms with Crippen LogP contribution in [-0.4, -0.2) is 25.3 Å². The van der Waals surface area contributed by atoms with Crippen LogP contribution in [0.5, 0.6) is 0 Å². The van der Waals surface area contributed by atoms with E-state index in [1.807, 2.05) is 0 Å². The van der Waals surface area contributed by atoms with E-state index in [0.29, 0.717) is 6.04 Å². The lowest BCUT2D eigenvalue weighted by Crippen LogP contribution is -2.50. The van der Waals surface area contributed by atoms with Crippen LogP contribution in [0.1, 0.15) is 37.7 Å². The molecule has 0 aromatic heterocycles. The van der Waals surface area contributed by atoms with Gasteiger partial charge < -0.3 is 10.1 Å². The lowest BCUT2D eigenvalue weighted by atomic mass is 9.70. The molecule has 1 heterocycles. The summed E-state index contributed by atoms with van der Waals surface area (Å²) in [5.41, 5.74) is 1.70. The SMILES string of the molecule is CNC(Cc1ccccc1)C1CCOC2(CCC2)C1. The normalized spacial score (nSPS) is 26.9. The van der Waals surface area contributed by atoms with E-state index >= 15 is 0 Å². The largest absolute Gasteiger partial charge is 0.375 e. The van der Waals surface area contributed by atoms with E-state index in [-0.39, 0.29) is 5.60 Å². The summed E-state index contributed by atoms with van der Waals surface area (Å²) in [6.07, 6.45) is 7.52. The molecular formula is C17H25NO. The van der Waals surface area contributed by atoms with Crippen molar-refractivity contribution < 1.29 is 4.74 Å². The smallest absolute Gasteiger partial charge is 0.0685 e. The molecule has 0 radical (unpaired) electrons. The fraction of sp³-hybridized carbons (Fsp3) is 0.647. The quantitative estimate of drug-likeness (QED) is 0.897. The van der Waals surface area contributed by atoms with Gasteiger partial charge in [0, 0.05) is 12.6 Å². The molecule has 1 saturated heterocycles. The minimum Gasteiger partial charge on any atom is -0.375 e. The molecule has 2 unspecified atom stereocenters. The molecule has 2 heteroatoms. The number of nitrogens with one attached hydrogen (secondary N) is 1. The first-order chi connectivity index (χ1) is 9.31. The minimum absolute atomic E-state index is 0.259. The highest BCUT2D eigenvalue weighted by atomic mass is 16.5. The van der Waals surface area contributed by atoms with Crippen molar-refractivity contribution in [2.24, 2.45) is 5.92 Å². The van der Waals surface area contributed by atoms with E-state index in [2.05, 4.69) is 42.7 Å². The second kappa shape index (κ2) is 5.64. The van der Waals surface area contributed by atoms with E-state index in [9.17, 15) is 0 Å². The van der Waals surface area contributed by atoms with Gasteiger partial charge in [-0.1, -0.05) is 30.3 Å². The van der Waals surface area contributed by atoms with Crippen molar-refractivity contribution in [1.29, 1.82) is 0 Å². The molecule has 0 bridgehead atoms. The second-order valence-corrected chi connectivity index (χ2v) is 6.22. The molecule has 1 N–H and O–H groups in total. The van der Waals surface area contributed by atoms with Gasteiger partial charge in [0.2, 0.25) is 0 Å². The van der Waals surface area contributed by atoms with E-state index < -0.39 is 0 Å². The van der Waals surface area contributed by atoms with Crippen molar-refractivity contribution in [2.75, 3.05) is 13.7 Å². The zero-order valence-electron chi connectivity index (χ0n) is 11.9. The van der Waals surface area contributed by atoms with Crippen molar-refractivity contribution in [3.8, 4) is 0 Å². The Bertz CT molecular complexity index is 399. The Hall–Kier alpha value is -0.860. The zero-order valence-corrected chi connectivity index (χ0v) is 11.9. The fourth-order valence-corrected chi connectivity index (χ4v) is 3.70. The van der Waals surface area contributed by atoms with Crippen molar-refractivity contribution in [3.05, 3.63) is 35.9 Å². The van der Waals surface area contributed by atoms with Gasteiger partial charge in [-0.15, -0.1) is 0 Å². The van der Waals surface area contributed by atoms with Crippen LogP contribution in [0.15, 0.2) is 30.3 Å². The highest BCUT2D eigenvalue weighted by molar-refractivity contribution is 5.16. The Morgan fingerprint density at radius 1 is 1.32 bits per heavy atom. The van der Waals surface area contributed by atoms with Crippen LogP contribution >= 0.6 is 0 Å². The molecule has 2 atom stereocenters. The minimum atomic E-state index is 0.259. The van der Waals surface area contributed by atoms with Crippen LogP contribution < -0.4 is 5.32 Å².